The highest BCUT2D eigenvalue weighted by molar-refractivity contribution is 5.88. The second kappa shape index (κ2) is 6.69. The van der Waals surface area contributed by atoms with Crippen molar-refractivity contribution in [2.45, 2.75) is 45.1 Å². The molecule has 92 valence electrons. The molecule has 0 heterocycles. The van der Waals surface area contributed by atoms with Gasteiger partial charge in [0.2, 0.25) is 0 Å². The minimum atomic E-state index is -0.259. The highest BCUT2D eigenvalue weighted by Gasteiger charge is 2.20. The SMILES string of the molecule is C=C(CN(C)C1CCCCC1)C(=O)OCC. The minimum absolute atomic E-state index is 0.259. The van der Waals surface area contributed by atoms with Gasteiger partial charge in [-0.25, -0.2) is 4.79 Å². The zero-order valence-corrected chi connectivity index (χ0v) is 10.5. The van der Waals surface area contributed by atoms with Gasteiger partial charge in [0, 0.05) is 18.2 Å². The molecular formula is C13H23NO2. The molecule has 0 amide bonds. The lowest BCUT2D eigenvalue weighted by atomic mass is 9.94. The van der Waals surface area contributed by atoms with Crippen molar-refractivity contribution in [3.8, 4) is 0 Å². The van der Waals surface area contributed by atoms with E-state index in [4.69, 9.17) is 4.74 Å². The van der Waals surface area contributed by atoms with Crippen LogP contribution >= 0.6 is 0 Å². The molecule has 1 aliphatic rings. The third-order valence-electron chi connectivity index (χ3n) is 3.20. The first-order chi connectivity index (χ1) is 7.65. The average molecular weight is 225 g/mol. The molecule has 1 rings (SSSR count). The minimum Gasteiger partial charge on any atom is -0.463 e. The number of carbonyl (C=O) groups excluding carboxylic acids is 1. The van der Waals surface area contributed by atoms with Gasteiger partial charge in [-0.2, -0.15) is 0 Å². The van der Waals surface area contributed by atoms with E-state index < -0.39 is 0 Å². The van der Waals surface area contributed by atoms with Crippen molar-refractivity contribution >= 4 is 5.97 Å². The van der Waals surface area contributed by atoms with Gasteiger partial charge in [-0.3, -0.25) is 4.90 Å². The molecule has 0 saturated heterocycles. The molecule has 16 heavy (non-hydrogen) atoms. The Hall–Kier alpha value is -0.830. The molecule has 3 heteroatoms. The summed E-state index contributed by atoms with van der Waals surface area (Å²) < 4.78 is 4.93. The highest BCUT2D eigenvalue weighted by Crippen LogP contribution is 2.22. The fourth-order valence-electron chi connectivity index (χ4n) is 2.25. The largest absolute Gasteiger partial charge is 0.463 e. The molecule has 1 aliphatic carbocycles. The maximum Gasteiger partial charge on any atom is 0.334 e. The summed E-state index contributed by atoms with van der Waals surface area (Å²) in [6.45, 7) is 6.66. The second-order valence-electron chi connectivity index (χ2n) is 4.53. The maximum absolute atomic E-state index is 11.4. The van der Waals surface area contributed by atoms with E-state index in [9.17, 15) is 4.79 Å². The van der Waals surface area contributed by atoms with Crippen LogP contribution in [0, 0.1) is 0 Å². The van der Waals surface area contributed by atoms with Gasteiger partial charge in [-0.15, -0.1) is 0 Å². The lowest BCUT2D eigenvalue weighted by Gasteiger charge is -2.31. The Morgan fingerprint density at radius 3 is 2.56 bits per heavy atom. The number of esters is 1. The van der Waals surface area contributed by atoms with E-state index in [2.05, 4.69) is 18.5 Å². The number of rotatable bonds is 5. The molecule has 0 bridgehead atoms. The number of nitrogens with zero attached hydrogens (tertiary/aromatic N) is 1. The molecule has 1 saturated carbocycles. The fraction of sp³-hybridized carbons (Fsp3) is 0.769. The van der Waals surface area contributed by atoms with Crippen molar-refractivity contribution in [2.75, 3.05) is 20.2 Å². The maximum atomic E-state index is 11.4. The van der Waals surface area contributed by atoms with Crippen molar-refractivity contribution < 1.29 is 9.53 Å². The number of hydrogen-bond donors (Lipinski definition) is 0. The molecule has 0 aromatic rings. The molecule has 1 fully saturated rings. The van der Waals surface area contributed by atoms with Gasteiger partial charge in [-0.1, -0.05) is 25.8 Å². The topological polar surface area (TPSA) is 29.5 Å². The van der Waals surface area contributed by atoms with Crippen LogP contribution in [0.25, 0.3) is 0 Å². The Kier molecular flexibility index (Phi) is 5.53. The van der Waals surface area contributed by atoms with Gasteiger partial charge in [0.1, 0.15) is 0 Å². The third-order valence-corrected chi connectivity index (χ3v) is 3.20. The smallest absolute Gasteiger partial charge is 0.334 e. The fourth-order valence-corrected chi connectivity index (χ4v) is 2.25. The van der Waals surface area contributed by atoms with Gasteiger partial charge in [0.05, 0.1) is 6.61 Å². The summed E-state index contributed by atoms with van der Waals surface area (Å²) in [5.74, 6) is -0.259. The van der Waals surface area contributed by atoms with Crippen LogP contribution in [0.3, 0.4) is 0 Å². The van der Waals surface area contributed by atoms with Crippen molar-refractivity contribution in [2.24, 2.45) is 0 Å². The van der Waals surface area contributed by atoms with Crippen LogP contribution in [-0.2, 0) is 9.53 Å². The van der Waals surface area contributed by atoms with Crippen molar-refractivity contribution in [3.63, 3.8) is 0 Å². The third kappa shape index (κ3) is 3.97. The quantitative estimate of drug-likeness (QED) is 0.531. The molecule has 0 radical (unpaired) electrons. The van der Waals surface area contributed by atoms with E-state index in [0.717, 1.165) is 0 Å². The van der Waals surface area contributed by atoms with Crippen molar-refractivity contribution in [1.29, 1.82) is 0 Å². The lowest BCUT2D eigenvalue weighted by Crippen LogP contribution is -2.35. The van der Waals surface area contributed by atoms with Crippen LogP contribution in [-0.4, -0.2) is 37.1 Å². The van der Waals surface area contributed by atoms with E-state index in [1.807, 2.05) is 6.92 Å². The van der Waals surface area contributed by atoms with Crippen molar-refractivity contribution in [1.82, 2.24) is 4.90 Å². The van der Waals surface area contributed by atoms with E-state index in [-0.39, 0.29) is 5.97 Å². The summed E-state index contributed by atoms with van der Waals surface area (Å²) in [4.78, 5) is 13.6. The Balaban J connectivity index is 2.34. The summed E-state index contributed by atoms with van der Waals surface area (Å²) in [5.41, 5.74) is 0.565. The van der Waals surface area contributed by atoms with Crippen LogP contribution in [0.4, 0.5) is 0 Å². The monoisotopic (exact) mass is 225 g/mol. The molecule has 0 spiro atoms. The first-order valence-electron chi connectivity index (χ1n) is 6.20. The molecule has 0 aliphatic heterocycles. The Labute approximate surface area is 98.5 Å². The summed E-state index contributed by atoms with van der Waals surface area (Å²) in [6, 6.07) is 0.611. The summed E-state index contributed by atoms with van der Waals surface area (Å²) in [6.07, 6.45) is 6.45. The molecule has 3 nitrogen and oxygen atoms in total. The first-order valence-corrected chi connectivity index (χ1v) is 6.20. The number of hydrogen-bond acceptors (Lipinski definition) is 3. The predicted octanol–water partition coefficient (Wildman–Crippen LogP) is 2.37. The van der Waals surface area contributed by atoms with Crippen LogP contribution in [0.2, 0.25) is 0 Å². The van der Waals surface area contributed by atoms with Gasteiger partial charge < -0.3 is 4.74 Å². The number of likely N-dealkylation sites (N-methyl/N-ethyl adjacent to an activating group) is 1. The standard InChI is InChI=1S/C13H23NO2/c1-4-16-13(15)11(2)10-14(3)12-8-6-5-7-9-12/h12H,2,4-10H2,1,3H3. The molecular weight excluding hydrogens is 202 g/mol. The van der Waals surface area contributed by atoms with Gasteiger partial charge in [-0.05, 0) is 26.8 Å². The summed E-state index contributed by atoms with van der Waals surface area (Å²) >= 11 is 0. The highest BCUT2D eigenvalue weighted by atomic mass is 16.5. The second-order valence-corrected chi connectivity index (χ2v) is 4.53. The molecule has 0 atom stereocenters. The average Bonchev–Trinajstić information content (AvgIpc) is 2.30. The molecule has 0 aromatic heterocycles. The predicted molar refractivity (Wildman–Crippen MR) is 65.3 cm³/mol. The van der Waals surface area contributed by atoms with Gasteiger partial charge >= 0.3 is 5.97 Å². The summed E-state index contributed by atoms with van der Waals surface area (Å²) in [7, 11) is 2.07. The van der Waals surface area contributed by atoms with E-state index >= 15 is 0 Å². The number of ether oxygens (including phenoxy) is 1. The van der Waals surface area contributed by atoms with Crippen LogP contribution in [0.15, 0.2) is 12.2 Å². The Bertz CT molecular complexity index is 244. The van der Waals surface area contributed by atoms with Crippen LogP contribution in [0.5, 0.6) is 0 Å². The van der Waals surface area contributed by atoms with E-state index in [1.165, 1.54) is 32.1 Å². The zero-order valence-electron chi connectivity index (χ0n) is 10.5. The first kappa shape index (κ1) is 13.2. The van der Waals surface area contributed by atoms with E-state index in [1.54, 1.807) is 0 Å². The van der Waals surface area contributed by atoms with Crippen LogP contribution in [0.1, 0.15) is 39.0 Å². The Morgan fingerprint density at radius 2 is 2.00 bits per heavy atom. The van der Waals surface area contributed by atoms with Crippen molar-refractivity contribution in [3.05, 3.63) is 12.2 Å². The van der Waals surface area contributed by atoms with E-state index in [0.29, 0.717) is 24.8 Å². The summed E-state index contributed by atoms with van der Waals surface area (Å²) in [5, 5.41) is 0. The Morgan fingerprint density at radius 1 is 1.38 bits per heavy atom. The normalized spacial score (nSPS) is 17.4. The van der Waals surface area contributed by atoms with Gasteiger partial charge in [0.25, 0.3) is 0 Å². The van der Waals surface area contributed by atoms with Crippen LogP contribution < -0.4 is 0 Å². The number of carbonyl (C=O) groups is 1. The molecule has 0 N–H and O–H groups in total. The molecule has 0 aromatic carbocycles. The molecule has 0 unspecified atom stereocenters. The zero-order chi connectivity index (χ0) is 12.0. The lowest BCUT2D eigenvalue weighted by molar-refractivity contribution is -0.138. The van der Waals surface area contributed by atoms with Gasteiger partial charge in [0.15, 0.2) is 0 Å².